The molecule has 0 bridgehead atoms. The molecule has 0 unspecified atom stereocenters. The number of likely N-dealkylation sites (tertiary alicyclic amines) is 1. The van der Waals surface area contributed by atoms with E-state index in [9.17, 15) is 4.79 Å². The molecule has 14 heavy (non-hydrogen) atoms. The first-order chi connectivity index (χ1) is 6.66. The fourth-order valence-corrected chi connectivity index (χ4v) is 2.67. The number of hydrogen-bond acceptors (Lipinski definition) is 1. The summed E-state index contributed by atoms with van der Waals surface area (Å²) in [7, 11) is 0. The molecule has 1 aromatic carbocycles. The molecule has 0 atom stereocenters. The van der Waals surface area contributed by atoms with E-state index in [1.165, 1.54) is 0 Å². The van der Waals surface area contributed by atoms with Crippen LogP contribution in [0.25, 0.3) is 0 Å². The highest BCUT2D eigenvalue weighted by atomic mass is 79.9. The van der Waals surface area contributed by atoms with Crippen LogP contribution in [0.1, 0.15) is 16.8 Å². The summed E-state index contributed by atoms with van der Waals surface area (Å²) in [4.78, 5) is 13.7. The highest BCUT2D eigenvalue weighted by Gasteiger charge is 2.21. The Morgan fingerprint density at radius 1 is 1.14 bits per heavy atom. The Morgan fingerprint density at radius 3 is 2.14 bits per heavy atom. The van der Waals surface area contributed by atoms with Crippen molar-refractivity contribution in [3.8, 4) is 0 Å². The molecule has 4 heteroatoms. The highest BCUT2D eigenvalue weighted by Crippen LogP contribution is 2.22. The Kier molecular flexibility index (Phi) is 2.93. The fraction of sp³-hybridized carbons (Fsp3) is 0.300. The Balaban J connectivity index is 2.26. The predicted octanol–water partition coefficient (Wildman–Crippen LogP) is 3.06. The van der Waals surface area contributed by atoms with Gasteiger partial charge in [-0.05, 0) is 24.6 Å². The molecule has 0 N–H and O–H groups in total. The minimum Gasteiger partial charge on any atom is -0.339 e. The molecular weight excluding hydrogens is 310 g/mol. The average molecular weight is 319 g/mol. The largest absolute Gasteiger partial charge is 0.339 e. The zero-order valence-corrected chi connectivity index (χ0v) is 10.6. The van der Waals surface area contributed by atoms with Crippen LogP contribution in [0.2, 0.25) is 0 Å². The zero-order valence-electron chi connectivity index (χ0n) is 7.46. The molecule has 1 saturated heterocycles. The van der Waals surface area contributed by atoms with Crippen LogP contribution in [-0.2, 0) is 0 Å². The highest BCUT2D eigenvalue weighted by molar-refractivity contribution is 9.11. The third-order valence-corrected chi connectivity index (χ3v) is 3.17. The summed E-state index contributed by atoms with van der Waals surface area (Å²) < 4.78 is 1.85. The molecule has 1 fully saturated rings. The maximum absolute atomic E-state index is 11.8. The van der Waals surface area contributed by atoms with Crippen LogP contribution >= 0.6 is 31.9 Å². The van der Waals surface area contributed by atoms with Crippen molar-refractivity contribution < 1.29 is 4.79 Å². The topological polar surface area (TPSA) is 20.3 Å². The standard InChI is InChI=1S/C10H9Br2NO/c11-8-4-7(5-9(12)6-8)10(14)13-2-1-3-13/h4-6H,1-3H2. The number of hydrogen-bond donors (Lipinski definition) is 0. The summed E-state index contributed by atoms with van der Waals surface area (Å²) >= 11 is 6.74. The van der Waals surface area contributed by atoms with E-state index in [4.69, 9.17) is 0 Å². The molecule has 2 nitrogen and oxygen atoms in total. The van der Waals surface area contributed by atoms with Gasteiger partial charge in [0.15, 0.2) is 0 Å². The number of nitrogens with zero attached hydrogens (tertiary/aromatic N) is 1. The zero-order chi connectivity index (χ0) is 10.1. The van der Waals surface area contributed by atoms with E-state index in [1.807, 2.05) is 23.1 Å². The van der Waals surface area contributed by atoms with Crippen molar-refractivity contribution in [3.05, 3.63) is 32.7 Å². The lowest BCUT2D eigenvalue weighted by Gasteiger charge is -2.31. The van der Waals surface area contributed by atoms with Crippen molar-refractivity contribution in [2.24, 2.45) is 0 Å². The van der Waals surface area contributed by atoms with Gasteiger partial charge in [0.05, 0.1) is 0 Å². The second-order valence-electron chi connectivity index (χ2n) is 3.30. The van der Waals surface area contributed by atoms with Gasteiger partial charge in [-0.2, -0.15) is 0 Å². The van der Waals surface area contributed by atoms with Gasteiger partial charge in [0, 0.05) is 27.6 Å². The third-order valence-electron chi connectivity index (χ3n) is 2.25. The quantitative estimate of drug-likeness (QED) is 0.779. The Bertz CT molecular complexity index is 354. The Labute approximate surface area is 99.5 Å². The molecule has 0 aliphatic carbocycles. The molecule has 2 rings (SSSR count). The molecule has 1 aliphatic rings. The van der Waals surface area contributed by atoms with E-state index < -0.39 is 0 Å². The second-order valence-corrected chi connectivity index (χ2v) is 5.14. The Morgan fingerprint density at radius 2 is 1.71 bits per heavy atom. The lowest BCUT2D eigenvalue weighted by Crippen LogP contribution is -2.42. The minimum absolute atomic E-state index is 0.123. The molecule has 0 spiro atoms. The van der Waals surface area contributed by atoms with Crippen molar-refractivity contribution in [3.63, 3.8) is 0 Å². The first-order valence-electron chi connectivity index (χ1n) is 4.42. The van der Waals surface area contributed by atoms with E-state index in [-0.39, 0.29) is 5.91 Å². The van der Waals surface area contributed by atoms with Crippen LogP contribution in [0.3, 0.4) is 0 Å². The summed E-state index contributed by atoms with van der Waals surface area (Å²) in [6, 6.07) is 5.63. The van der Waals surface area contributed by atoms with Crippen LogP contribution in [0.5, 0.6) is 0 Å². The van der Waals surface area contributed by atoms with Crippen molar-refractivity contribution in [1.29, 1.82) is 0 Å². The molecule has 74 valence electrons. The van der Waals surface area contributed by atoms with Gasteiger partial charge < -0.3 is 4.90 Å². The molecular formula is C10H9Br2NO. The van der Waals surface area contributed by atoms with Gasteiger partial charge in [0.2, 0.25) is 0 Å². The summed E-state index contributed by atoms with van der Waals surface area (Å²) in [5.41, 5.74) is 0.742. The maximum atomic E-state index is 11.8. The van der Waals surface area contributed by atoms with Crippen molar-refractivity contribution >= 4 is 37.8 Å². The smallest absolute Gasteiger partial charge is 0.253 e. The van der Waals surface area contributed by atoms with E-state index in [1.54, 1.807) is 0 Å². The summed E-state index contributed by atoms with van der Waals surface area (Å²) in [6.45, 7) is 1.78. The lowest BCUT2D eigenvalue weighted by atomic mass is 10.1. The molecule has 1 aliphatic heterocycles. The summed E-state index contributed by atoms with van der Waals surface area (Å²) in [5.74, 6) is 0.123. The normalized spacial score (nSPS) is 15.1. The van der Waals surface area contributed by atoms with Crippen LogP contribution in [-0.4, -0.2) is 23.9 Å². The Hall–Kier alpha value is -0.350. The van der Waals surface area contributed by atoms with Gasteiger partial charge in [-0.3, -0.25) is 4.79 Å². The SMILES string of the molecule is O=C(c1cc(Br)cc(Br)c1)N1CCC1. The van der Waals surface area contributed by atoms with E-state index in [0.717, 1.165) is 34.0 Å². The average Bonchev–Trinajstić information content (AvgIpc) is 1.98. The first kappa shape index (κ1) is 10.2. The number of carbonyl (C=O) groups excluding carboxylic acids is 1. The number of amides is 1. The molecule has 0 aromatic heterocycles. The van der Waals surface area contributed by atoms with Gasteiger partial charge in [-0.1, -0.05) is 31.9 Å². The van der Waals surface area contributed by atoms with Gasteiger partial charge in [-0.25, -0.2) is 0 Å². The van der Waals surface area contributed by atoms with Crippen molar-refractivity contribution in [1.82, 2.24) is 4.90 Å². The van der Waals surface area contributed by atoms with Crippen LogP contribution in [0, 0.1) is 0 Å². The van der Waals surface area contributed by atoms with Gasteiger partial charge >= 0.3 is 0 Å². The minimum atomic E-state index is 0.123. The molecule has 1 heterocycles. The maximum Gasteiger partial charge on any atom is 0.253 e. The van der Waals surface area contributed by atoms with Crippen molar-refractivity contribution in [2.45, 2.75) is 6.42 Å². The number of benzene rings is 1. The molecule has 1 amide bonds. The van der Waals surface area contributed by atoms with Gasteiger partial charge in [-0.15, -0.1) is 0 Å². The van der Waals surface area contributed by atoms with Crippen LogP contribution < -0.4 is 0 Å². The fourth-order valence-electron chi connectivity index (χ4n) is 1.38. The molecule has 1 aromatic rings. The van der Waals surface area contributed by atoms with Crippen LogP contribution in [0.4, 0.5) is 0 Å². The molecule has 0 saturated carbocycles. The number of halogens is 2. The van der Waals surface area contributed by atoms with Crippen molar-refractivity contribution in [2.75, 3.05) is 13.1 Å². The van der Waals surface area contributed by atoms with E-state index in [2.05, 4.69) is 31.9 Å². The predicted molar refractivity (Wildman–Crippen MR) is 62.4 cm³/mol. The van der Waals surface area contributed by atoms with Gasteiger partial charge in [0.25, 0.3) is 5.91 Å². The summed E-state index contributed by atoms with van der Waals surface area (Å²) in [5, 5.41) is 0. The third kappa shape index (κ3) is 2.01. The van der Waals surface area contributed by atoms with E-state index >= 15 is 0 Å². The summed E-state index contributed by atoms with van der Waals surface area (Å²) in [6.07, 6.45) is 1.13. The monoisotopic (exact) mass is 317 g/mol. The lowest BCUT2D eigenvalue weighted by molar-refractivity contribution is 0.0651. The first-order valence-corrected chi connectivity index (χ1v) is 6.01. The number of rotatable bonds is 1. The number of carbonyl (C=O) groups is 1. The molecule has 0 radical (unpaired) electrons. The van der Waals surface area contributed by atoms with E-state index in [0.29, 0.717) is 0 Å². The second kappa shape index (κ2) is 4.03. The van der Waals surface area contributed by atoms with Crippen LogP contribution in [0.15, 0.2) is 27.1 Å². The van der Waals surface area contributed by atoms with Gasteiger partial charge in [0.1, 0.15) is 0 Å².